The van der Waals surface area contributed by atoms with Crippen LogP contribution < -0.4 is 5.73 Å². The number of amides is 1. The molecule has 2 atom stereocenters. The van der Waals surface area contributed by atoms with E-state index in [4.69, 9.17) is 10.5 Å². The van der Waals surface area contributed by atoms with Gasteiger partial charge in [-0.3, -0.25) is 4.79 Å². The predicted octanol–water partition coefficient (Wildman–Crippen LogP) is 1.14. The first-order chi connectivity index (χ1) is 8.20. The number of likely N-dealkylation sites (tertiary alicyclic amines) is 1. The van der Waals surface area contributed by atoms with E-state index >= 15 is 0 Å². The molecule has 0 aromatic heterocycles. The van der Waals surface area contributed by atoms with Crippen LogP contribution in [0.25, 0.3) is 0 Å². The molecular weight excluding hydrogens is 216 g/mol. The molecule has 4 nitrogen and oxygen atoms in total. The lowest BCUT2D eigenvalue weighted by atomic mass is 10.1. The number of carbonyl (C=O) groups excluding carboxylic acids is 1. The highest BCUT2D eigenvalue weighted by Crippen LogP contribution is 2.33. The molecule has 2 aliphatic rings. The van der Waals surface area contributed by atoms with Gasteiger partial charge < -0.3 is 15.4 Å². The Kier molecular flexibility index (Phi) is 4.40. The van der Waals surface area contributed by atoms with E-state index in [-0.39, 0.29) is 18.1 Å². The van der Waals surface area contributed by atoms with Crippen LogP contribution in [0.1, 0.15) is 39.0 Å². The van der Waals surface area contributed by atoms with Gasteiger partial charge in [0.05, 0.1) is 6.10 Å². The fourth-order valence-electron chi connectivity index (χ4n) is 2.56. The van der Waals surface area contributed by atoms with Gasteiger partial charge in [0.15, 0.2) is 0 Å². The van der Waals surface area contributed by atoms with Gasteiger partial charge in [0, 0.05) is 32.2 Å². The molecule has 0 radical (unpaired) electrons. The Morgan fingerprint density at radius 3 is 2.88 bits per heavy atom. The van der Waals surface area contributed by atoms with Gasteiger partial charge >= 0.3 is 0 Å². The summed E-state index contributed by atoms with van der Waals surface area (Å²) in [7, 11) is 0. The molecule has 4 heteroatoms. The van der Waals surface area contributed by atoms with Crippen LogP contribution in [-0.4, -0.2) is 42.6 Å². The lowest BCUT2D eigenvalue weighted by molar-refractivity contribution is -0.135. The first-order valence-corrected chi connectivity index (χ1v) is 6.85. The molecule has 0 spiro atoms. The van der Waals surface area contributed by atoms with Gasteiger partial charge in [-0.1, -0.05) is 0 Å². The van der Waals surface area contributed by atoms with Crippen LogP contribution in [0.3, 0.4) is 0 Å². The zero-order valence-corrected chi connectivity index (χ0v) is 10.7. The molecule has 2 unspecified atom stereocenters. The number of hydrogen-bond donors (Lipinski definition) is 1. The fraction of sp³-hybridized carbons (Fsp3) is 0.923. The Labute approximate surface area is 103 Å². The maximum absolute atomic E-state index is 12.1. The number of nitrogens with two attached hydrogens (primary N) is 1. The van der Waals surface area contributed by atoms with Crippen molar-refractivity contribution in [2.45, 2.75) is 51.2 Å². The third kappa shape index (κ3) is 3.68. The number of hydrogen-bond acceptors (Lipinski definition) is 3. The quantitative estimate of drug-likeness (QED) is 0.784. The van der Waals surface area contributed by atoms with Crippen molar-refractivity contribution in [2.75, 3.05) is 19.7 Å². The molecule has 1 aliphatic carbocycles. The minimum atomic E-state index is 0.0787. The summed E-state index contributed by atoms with van der Waals surface area (Å²) >= 11 is 0. The number of carbonyl (C=O) groups is 1. The summed E-state index contributed by atoms with van der Waals surface area (Å²) in [6.45, 7) is 4.36. The summed E-state index contributed by atoms with van der Waals surface area (Å²) in [4.78, 5) is 14.0. The zero-order valence-electron chi connectivity index (χ0n) is 10.7. The van der Waals surface area contributed by atoms with Crippen LogP contribution >= 0.6 is 0 Å². The van der Waals surface area contributed by atoms with Gasteiger partial charge in [-0.25, -0.2) is 0 Å². The largest absolute Gasteiger partial charge is 0.377 e. The molecule has 1 heterocycles. The third-order valence-corrected chi connectivity index (χ3v) is 3.77. The van der Waals surface area contributed by atoms with Gasteiger partial charge in [-0.05, 0) is 38.5 Å². The van der Waals surface area contributed by atoms with Gasteiger partial charge in [0.25, 0.3) is 0 Å². The second kappa shape index (κ2) is 5.83. The molecule has 1 saturated heterocycles. The molecular formula is C13H24N2O2. The van der Waals surface area contributed by atoms with E-state index in [0.29, 0.717) is 12.3 Å². The molecule has 1 amide bonds. The first-order valence-electron chi connectivity index (χ1n) is 6.85. The van der Waals surface area contributed by atoms with Crippen LogP contribution in [0.15, 0.2) is 0 Å². The molecule has 2 rings (SSSR count). The first kappa shape index (κ1) is 12.8. The molecule has 0 aromatic rings. The summed E-state index contributed by atoms with van der Waals surface area (Å²) < 4.78 is 5.60. The van der Waals surface area contributed by atoms with E-state index in [1.54, 1.807) is 0 Å². The van der Waals surface area contributed by atoms with Crippen LogP contribution in [0, 0.1) is 5.92 Å². The topological polar surface area (TPSA) is 55.6 Å². The monoisotopic (exact) mass is 240 g/mol. The predicted molar refractivity (Wildman–Crippen MR) is 66.5 cm³/mol. The third-order valence-electron chi connectivity index (χ3n) is 3.77. The Bertz CT molecular complexity index is 264. The van der Waals surface area contributed by atoms with Crippen LogP contribution in [-0.2, 0) is 9.53 Å². The van der Waals surface area contributed by atoms with Crippen molar-refractivity contribution >= 4 is 5.91 Å². The van der Waals surface area contributed by atoms with Gasteiger partial charge in [0.2, 0.25) is 5.91 Å². The molecule has 1 saturated carbocycles. The van der Waals surface area contributed by atoms with E-state index in [2.05, 4.69) is 0 Å². The highest BCUT2D eigenvalue weighted by molar-refractivity contribution is 5.77. The highest BCUT2D eigenvalue weighted by atomic mass is 16.5. The van der Waals surface area contributed by atoms with Gasteiger partial charge in [-0.15, -0.1) is 0 Å². The second-order valence-electron chi connectivity index (χ2n) is 5.26. The van der Waals surface area contributed by atoms with Crippen molar-refractivity contribution in [3.05, 3.63) is 0 Å². The van der Waals surface area contributed by atoms with E-state index in [1.165, 1.54) is 12.8 Å². The fourth-order valence-corrected chi connectivity index (χ4v) is 2.56. The van der Waals surface area contributed by atoms with Crippen molar-refractivity contribution in [3.63, 3.8) is 0 Å². The van der Waals surface area contributed by atoms with E-state index < -0.39 is 0 Å². The molecule has 2 N–H and O–H groups in total. The van der Waals surface area contributed by atoms with Crippen molar-refractivity contribution in [2.24, 2.45) is 11.7 Å². The number of piperidine rings is 1. The van der Waals surface area contributed by atoms with Crippen LogP contribution in [0.2, 0.25) is 0 Å². The molecule has 2 fully saturated rings. The number of ether oxygens (including phenoxy) is 1. The SMILES string of the molecule is CCOC1CCCN(C(=O)CC(N)C2CC2)C1. The molecule has 98 valence electrons. The Hall–Kier alpha value is -0.610. The average molecular weight is 240 g/mol. The van der Waals surface area contributed by atoms with E-state index in [1.807, 2.05) is 11.8 Å². The molecule has 1 aliphatic heterocycles. The lowest BCUT2D eigenvalue weighted by Crippen LogP contribution is -2.45. The summed E-state index contributed by atoms with van der Waals surface area (Å²) in [6, 6.07) is 0.0787. The Morgan fingerprint density at radius 1 is 1.47 bits per heavy atom. The molecule has 17 heavy (non-hydrogen) atoms. The van der Waals surface area contributed by atoms with Crippen molar-refractivity contribution in [3.8, 4) is 0 Å². The Balaban J connectivity index is 1.77. The van der Waals surface area contributed by atoms with Crippen molar-refractivity contribution < 1.29 is 9.53 Å². The molecule has 0 bridgehead atoms. The second-order valence-corrected chi connectivity index (χ2v) is 5.26. The lowest BCUT2D eigenvalue weighted by Gasteiger charge is -2.33. The standard InChI is InChI=1S/C13H24N2O2/c1-2-17-11-4-3-7-15(9-11)13(16)8-12(14)10-5-6-10/h10-12H,2-9,14H2,1H3. The normalized spacial score (nSPS) is 26.9. The van der Waals surface area contributed by atoms with Gasteiger partial charge in [0.1, 0.15) is 0 Å². The number of nitrogens with zero attached hydrogens (tertiary/aromatic N) is 1. The molecule has 0 aromatic carbocycles. The summed E-state index contributed by atoms with van der Waals surface area (Å²) in [5, 5.41) is 0. The maximum atomic E-state index is 12.1. The van der Waals surface area contributed by atoms with Gasteiger partial charge in [-0.2, -0.15) is 0 Å². The minimum Gasteiger partial charge on any atom is -0.377 e. The summed E-state index contributed by atoms with van der Waals surface area (Å²) in [5.74, 6) is 0.820. The zero-order chi connectivity index (χ0) is 12.3. The Morgan fingerprint density at radius 2 is 2.24 bits per heavy atom. The maximum Gasteiger partial charge on any atom is 0.224 e. The van der Waals surface area contributed by atoms with E-state index in [0.717, 1.165) is 32.5 Å². The number of rotatable bonds is 5. The van der Waals surface area contributed by atoms with E-state index in [9.17, 15) is 4.79 Å². The summed E-state index contributed by atoms with van der Waals surface area (Å²) in [5.41, 5.74) is 6.00. The highest BCUT2D eigenvalue weighted by Gasteiger charge is 2.32. The van der Waals surface area contributed by atoms with Crippen molar-refractivity contribution in [1.82, 2.24) is 4.90 Å². The average Bonchev–Trinajstić information content (AvgIpc) is 3.13. The van der Waals surface area contributed by atoms with Crippen LogP contribution in [0.4, 0.5) is 0 Å². The smallest absolute Gasteiger partial charge is 0.224 e. The van der Waals surface area contributed by atoms with Crippen LogP contribution in [0.5, 0.6) is 0 Å². The minimum absolute atomic E-state index is 0.0787. The van der Waals surface area contributed by atoms with Crippen molar-refractivity contribution in [1.29, 1.82) is 0 Å². The summed E-state index contributed by atoms with van der Waals surface area (Å²) in [6.07, 6.45) is 5.28.